The molecule has 140 valence electrons. The number of ether oxygens (including phenoxy) is 1. The summed E-state index contributed by atoms with van der Waals surface area (Å²) in [5, 5.41) is 0. The first-order valence-corrected chi connectivity index (χ1v) is 7.33. The Morgan fingerprint density at radius 1 is 1.04 bits per heavy atom. The van der Waals surface area contributed by atoms with Crippen molar-refractivity contribution in [1.82, 2.24) is 4.98 Å². The summed E-state index contributed by atoms with van der Waals surface area (Å²) in [5.74, 6) is 0. The first kappa shape index (κ1) is 19.9. The van der Waals surface area contributed by atoms with Gasteiger partial charge in [-0.3, -0.25) is 4.79 Å². The number of hydrogen-bond donors (Lipinski definition) is 0. The summed E-state index contributed by atoms with van der Waals surface area (Å²) in [4.78, 5) is 14.7. The summed E-state index contributed by atoms with van der Waals surface area (Å²) in [6, 6.07) is 5.80. The summed E-state index contributed by atoms with van der Waals surface area (Å²) < 4.78 is 82.3. The zero-order valence-corrected chi connectivity index (χ0v) is 13.4. The van der Waals surface area contributed by atoms with Crippen molar-refractivity contribution >= 4 is 6.29 Å². The van der Waals surface area contributed by atoms with Gasteiger partial charge in [-0.2, -0.15) is 26.3 Å². The van der Waals surface area contributed by atoms with E-state index in [1.165, 1.54) is 25.1 Å². The Labute approximate surface area is 144 Å². The molecule has 3 nitrogen and oxygen atoms in total. The van der Waals surface area contributed by atoms with Gasteiger partial charge in [0.05, 0.1) is 29.5 Å². The molecule has 0 aliphatic heterocycles. The van der Waals surface area contributed by atoms with Crippen molar-refractivity contribution in [2.75, 3.05) is 0 Å². The third kappa shape index (κ3) is 5.04. The molecule has 0 spiro atoms. The van der Waals surface area contributed by atoms with E-state index in [4.69, 9.17) is 4.74 Å². The summed E-state index contributed by atoms with van der Waals surface area (Å²) in [5.41, 5.74) is -2.61. The number of benzene rings is 1. The molecule has 1 heterocycles. The molecule has 0 amide bonds. The van der Waals surface area contributed by atoms with Crippen LogP contribution < -0.4 is 0 Å². The van der Waals surface area contributed by atoms with E-state index in [2.05, 4.69) is 4.98 Å². The van der Waals surface area contributed by atoms with Gasteiger partial charge in [0.1, 0.15) is 5.69 Å². The molecule has 2 aromatic rings. The van der Waals surface area contributed by atoms with Gasteiger partial charge in [-0.25, -0.2) is 4.98 Å². The number of aldehydes is 1. The Balaban J connectivity index is 2.24. The molecule has 1 atom stereocenters. The lowest BCUT2D eigenvalue weighted by Gasteiger charge is -2.16. The minimum atomic E-state index is -4.92. The molecule has 0 radical (unpaired) electrons. The van der Waals surface area contributed by atoms with Crippen molar-refractivity contribution in [2.45, 2.75) is 32.0 Å². The van der Waals surface area contributed by atoms with Gasteiger partial charge in [0.2, 0.25) is 0 Å². The second kappa shape index (κ2) is 7.45. The zero-order valence-electron chi connectivity index (χ0n) is 13.4. The zero-order chi connectivity index (χ0) is 19.5. The first-order valence-electron chi connectivity index (χ1n) is 7.33. The lowest BCUT2D eigenvalue weighted by Crippen LogP contribution is -2.12. The summed E-state index contributed by atoms with van der Waals surface area (Å²) >= 11 is 0. The average molecular weight is 377 g/mol. The number of pyridine rings is 1. The van der Waals surface area contributed by atoms with Crippen LogP contribution in [0.5, 0.6) is 0 Å². The molecule has 0 N–H and O–H groups in total. The highest BCUT2D eigenvalue weighted by atomic mass is 19.4. The van der Waals surface area contributed by atoms with Crippen LogP contribution in [-0.2, 0) is 23.7 Å². The fourth-order valence-corrected chi connectivity index (χ4v) is 2.17. The van der Waals surface area contributed by atoms with Crippen LogP contribution in [0.4, 0.5) is 26.3 Å². The molecular formula is C17H13F6NO2. The number of alkyl halides is 6. The number of carbonyl (C=O) groups is 1. The standard InChI is InChI=1S/C17H13F6NO2/c1-10(15-4-2-3-14(8-25)24-15)26-9-11-5-12(16(18,19)20)7-13(6-11)17(21,22)23/h2-8,10H,9H2,1H3. The molecule has 0 aliphatic rings. The van der Waals surface area contributed by atoms with Crippen molar-refractivity contribution in [3.63, 3.8) is 0 Å². The van der Waals surface area contributed by atoms with E-state index in [-0.39, 0.29) is 17.3 Å². The quantitative estimate of drug-likeness (QED) is 0.531. The maximum absolute atomic E-state index is 12.8. The molecule has 0 saturated carbocycles. The molecule has 26 heavy (non-hydrogen) atoms. The Morgan fingerprint density at radius 3 is 2.12 bits per heavy atom. The fraction of sp³-hybridized carbons (Fsp3) is 0.294. The number of aromatic nitrogens is 1. The Hall–Kier alpha value is -2.42. The molecule has 1 aromatic heterocycles. The largest absolute Gasteiger partial charge is 0.416 e. The van der Waals surface area contributed by atoms with E-state index in [1.807, 2.05) is 0 Å². The van der Waals surface area contributed by atoms with Crippen molar-refractivity contribution in [3.05, 3.63) is 64.5 Å². The maximum atomic E-state index is 12.8. The Morgan fingerprint density at radius 2 is 1.62 bits per heavy atom. The highest BCUT2D eigenvalue weighted by Gasteiger charge is 2.36. The minimum absolute atomic E-state index is 0.0576. The van der Waals surface area contributed by atoms with Crippen LogP contribution in [0.25, 0.3) is 0 Å². The molecular weight excluding hydrogens is 364 g/mol. The molecule has 0 saturated heterocycles. The van der Waals surface area contributed by atoms with E-state index in [0.29, 0.717) is 24.1 Å². The summed E-state index contributed by atoms with van der Waals surface area (Å²) in [6.45, 7) is 1.04. The highest BCUT2D eigenvalue weighted by Crippen LogP contribution is 2.36. The van der Waals surface area contributed by atoms with Crippen LogP contribution in [-0.4, -0.2) is 11.3 Å². The summed E-state index contributed by atoms with van der Waals surface area (Å²) in [7, 11) is 0. The summed E-state index contributed by atoms with van der Waals surface area (Å²) in [6.07, 6.45) is -10.1. The van der Waals surface area contributed by atoms with Crippen LogP contribution in [0.15, 0.2) is 36.4 Å². The van der Waals surface area contributed by atoms with Crippen molar-refractivity contribution in [3.8, 4) is 0 Å². The van der Waals surface area contributed by atoms with Crippen molar-refractivity contribution in [2.24, 2.45) is 0 Å². The fourth-order valence-electron chi connectivity index (χ4n) is 2.17. The number of halogens is 6. The van der Waals surface area contributed by atoms with Gasteiger partial charge in [-0.1, -0.05) is 6.07 Å². The number of carbonyl (C=O) groups excluding carboxylic acids is 1. The topological polar surface area (TPSA) is 39.2 Å². The van der Waals surface area contributed by atoms with Gasteiger partial charge in [0, 0.05) is 0 Å². The monoisotopic (exact) mass is 377 g/mol. The van der Waals surface area contributed by atoms with Crippen molar-refractivity contribution in [1.29, 1.82) is 0 Å². The van der Waals surface area contributed by atoms with Gasteiger partial charge in [0.25, 0.3) is 0 Å². The third-order valence-electron chi connectivity index (χ3n) is 3.48. The van der Waals surface area contributed by atoms with E-state index in [0.717, 1.165) is 0 Å². The van der Waals surface area contributed by atoms with Gasteiger partial charge >= 0.3 is 12.4 Å². The molecule has 2 rings (SSSR count). The Bertz CT molecular complexity index is 753. The molecule has 0 fully saturated rings. The number of hydrogen-bond acceptors (Lipinski definition) is 3. The highest BCUT2D eigenvalue weighted by molar-refractivity contribution is 5.71. The van der Waals surface area contributed by atoms with Gasteiger partial charge in [-0.05, 0) is 42.8 Å². The smallest absolute Gasteiger partial charge is 0.368 e. The van der Waals surface area contributed by atoms with Gasteiger partial charge in [0.15, 0.2) is 6.29 Å². The van der Waals surface area contributed by atoms with E-state index in [9.17, 15) is 31.1 Å². The second-order valence-corrected chi connectivity index (χ2v) is 5.47. The molecule has 9 heteroatoms. The number of rotatable bonds is 5. The first-order chi connectivity index (χ1) is 12.0. The van der Waals surface area contributed by atoms with Gasteiger partial charge < -0.3 is 4.74 Å². The molecule has 1 unspecified atom stereocenters. The predicted molar refractivity (Wildman–Crippen MR) is 79.3 cm³/mol. The molecule has 0 aliphatic carbocycles. The van der Waals surface area contributed by atoms with Crippen LogP contribution in [0, 0.1) is 0 Å². The predicted octanol–water partition coefficient (Wildman–Crippen LogP) is 5.21. The third-order valence-corrected chi connectivity index (χ3v) is 3.48. The van der Waals surface area contributed by atoms with E-state index >= 15 is 0 Å². The average Bonchev–Trinajstić information content (AvgIpc) is 2.58. The lowest BCUT2D eigenvalue weighted by molar-refractivity contribution is -0.143. The molecule has 1 aromatic carbocycles. The van der Waals surface area contributed by atoms with E-state index < -0.39 is 36.2 Å². The van der Waals surface area contributed by atoms with Crippen LogP contribution in [0.2, 0.25) is 0 Å². The van der Waals surface area contributed by atoms with Crippen LogP contribution in [0.1, 0.15) is 45.9 Å². The van der Waals surface area contributed by atoms with E-state index in [1.54, 1.807) is 0 Å². The lowest BCUT2D eigenvalue weighted by atomic mass is 10.1. The maximum Gasteiger partial charge on any atom is 0.416 e. The second-order valence-electron chi connectivity index (χ2n) is 5.47. The Kier molecular flexibility index (Phi) is 5.70. The molecule has 0 bridgehead atoms. The van der Waals surface area contributed by atoms with Crippen LogP contribution in [0.3, 0.4) is 0 Å². The van der Waals surface area contributed by atoms with Crippen LogP contribution >= 0.6 is 0 Å². The van der Waals surface area contributed by atoms with Crippen molar-refractivity contribution < 1.29 is 35.9 Å². The SMILES string of the molecule is CC(OCc1cc(C(F)(F)F)cc(C(F)(F)F)c1)c1cccc(C=O)n1. The normalized spacial score (nSPS) is 13.5. The minimum Gasteiger partial charge on any atom is -0.368 e. The number of nitrogens with zero attached hydrogens (tertiary/aromatic N) is 1. The van der Waals surface area contributed by atoms with Gasteiger partial charge in [-0.15, -0.1) is 0 Å².